The van der Waals surface area contributed by atoms with Crippen molar-refractivity contribution in [3.63, 3.8) is 0 Å². The Balaban J connectivity index is 1.88. The van der Waals surface area contributed by atoms with Gasteiger partial charge in [-0.15, -0.1) is 0 Å². The van der Waals surface area contributed by atoms with Crippen molar-refractivity contribution in [3.05, 3.63) is 64.2 Å². The van der Waals surface area contributed by atoms with Crippen LogP contribution >= 0.6 is 11.6 Å². The molecule has 31 heavy (non-hydrogen) atoms. The molecular formula is C23H26ClNO6. The number of halogens is 1. The number of esters is 1. The fourth-order valence-corrected chi connectivity index (χ4v) is 3.25. The minimum atomic E-state index is -0.536. The molecule has 1 amide bonds. The molecule has 0 spiro atoms. The Hall–Kier alpha value is -2.77. The van der Waals surface area contributed by atoms with E-state index < -0.39 is 18.2 Å². The Morgan fingerprint density at radius 2 is 1.90 bits per heavy atom. The van der Waals surface area contributed by atoms with Crippen LogP contribution < -0.4 is 10.1 Å². The first kappa shape index (κ1) is 22.9. The molecule has 0 aliphatic heterocycles. The van der Waals surface area contributed by atoms with Gasteiger partial charge in [0.2, 0.25) is 0 Å². The number of alkyl carbamates (subject to hydrolysis) is 1. The molecule has 8 heteroatoms. The molecule has 1 saturated carbocycles. The summed E-state index contributed by atoms with van der Waals surface area (Å²) in [4.78, 5) is 23.5. The molecule has 0 aromatic heterocycles. The number of methoxy groups -OCH3 is 2. The third-order valence-corrected chi connectivity index (χ3v) is 5.06. The number of hydrogen-bond donors (Lipinski definition) is 1. The summed E-state index contributed by atoms with van der Waals surface area (Å²) in [5, 5.41) is 3.14. The molecule has 0 bridgehead atoms. The van der Waals surface area contributed by atoms with Gasteiger partial charge in [-0.25, -0.2) is 9.59 Å². The van der Waals surface area contributed by atoms with Crippen molar-refractivity contribution in [1.29, 1.82) is 0 Å². The van der Waals surface area contributed by atoms with E-state index in [-0.39, 0.29) is 13.2 Å². The molecule has 1 unspecified atom stereocenters. The first-order valence-electron chi connectivity index (χ1n) is 10.0. The summed E-state index contributed by atoms with van der Waals surface area (Å²) in [5.41, 5.74) is 1.89. The fraction of sp³-hybridized carbons (Fsp3) is 0.391. The highest BCUT2D eigenvalue weighted by atomic mass is 35.5. The van der Waals surface area contributed by atoms with Crippen LogP contribution in [0.15, 0.2) is 42.5 Å². The van der Waals surface area contributed by atoms with E-state index in [0.29, 0.717) is 34.4 Å². The van der Waals surface area contributed by atoms with Gasteiger partial charge in [-0.1, -0.05) is 23.7 Å². The highest BCUT2D eigenvalue weighted by Crippen LogP contribution is 2.33. The van der Waals surface area contributed by atoms with Gasteiger partial charge in [-0.2, -0.15) is 0 Å². The first-order chi connectivity index (χ1) is 15.0. The van der Waals surface area contributed by atoms with Crippen LogP contribution in [0.4, 0.5) is 4.79 Å². The lowest BCUT2D eigenvalue weighted by Crippen LogP contribution is -2.27. The number of amides is 1. The molecule has 1 fully saturated rings. The second-order valence-electron chi connectivity index (χ2n) is 7.26. The van der Waals surface area contributed by atoms with Gasteiger partial charge in [-0.3, -0.25) is 0 Å². The maximum atomic E-state index is 12.2. The van der Waals surface area contributed by atoms with E-state index in [4.69, 9.17) is 25.8 Å². The summed E-state index contributed by atoms with van der Waals surface area (Å²) in [7, 11) is 2.63. The van der Waals surface area contributed by atoms with Gasteiger partial charge >= 0.3 is 12.1 Å². The van der Waals surface area contributed by atoms with Crippen LogP contribution in [0.1, 0.15) is 40.4 Å². The highest BCUT2D eigenvalue weighted by molar-refractivity contribution is 6.30. The zero-order chi connectivity index (χ0) is 22.2. The van der Waals surface area contributed by atoms with Crippen molar-refractivity contribution < 1.29 is 28.5 Å². The Kier molecular flexibility index (Phi) is 8.14. The Bertz CT molecular complexity index is 915. The van der Waals surface area contributed by atoms with Crippen molar-refractivity contribution in [1.82, 2.24) is 5.32 Å². The molecule has 1 atom stereocenters. The number of hydrogen-bond acceptors (Lipinski definition) is 6. The molecular weight excluding hydrogens is 422 g/mol. The predicted octanol–water partition coefficient (Wildman–Crippen LogP) is 4.38. The standard InChI is InChI=1S/C23H26ClNO6/c1-28-22(26)18-10-17(12-20(13-18)31-14-15-6-7-15)21(16-4-3-5-19(24)11-16)30-9-8-25-23(27)29-2/h3-5,10-13,15,21H,6-9,14H2,1-2H3,(H,25,27). The normalized spacial score (nSPS) is 13.9. The smallest absolute Gasteiger partial charge is 0.406 e. The van der Waals surface area contributed by atoms with Crippen LogP contribution in [0.25, 0.3) is 0 Å². The van der Waals surface area contributed by atoms with Gasteiger partial charge in [0.15, 0.2) is 0 Å². The van der Waals surface area contributed by atoms with Crippen LogP contribution in [0.5, 0.6) is 5.75 Å². The summed E-state index contributed by atoms with van der Waals surface area (Å²) >= 11 is 6.20. The second-order valence-corrected chi connectivity index (χ2v) is 7.70. The van der Waals surface area contributed by atoms with Crippen LogP contribution in [-0.2, 0) is 14.2 Å². The number of nitrogens with one attached hydrogen (secondary N) is 1. The molecule has 2 aromatic carbocycles. The van der Waals surface area contributed by atoms with Gasteiger partial charge in [0.1, 0.15) is 11.9 Å². The second kappa shape index (κ2) is 11.0. The largest absolute Gasteiger partial charge is 0.493 e. The number of benzene rings is 2. The Morgan fingerprint density at radius 1 is 1.10 bits per heavy atom. The van der Waals surface area contributed by atoms with E-state index in [1.165, 1.54) is 14.2 Å². The number of rotatable bonds is 10. The van der Waals surface area contributed by atoms with E-state index in [2.05, 4.69) is 10.1 Å². The zero-order valence-electron chi connectivity index (χ0n) is 17.6. The molecule has 3 rings (SSSR count). The molecule has 0 heterocycles. The summed E-state index contributed by atoms with van der Waals surface area (Å²) < 4.78 is 21.5. The molecule has 0 radical (unpaired) electrons. The van der Waals surface area contributed by atoms with Gasteiger partial charge in [0.05, 0.1) is 33.0 Å². The van der Waals surface area contributed by atoms with Crippen LogP contribution in [0, 0.1) is 5.92 Å². The Labute approximate surface area is 186 Å². The van der Waals surface area contributed by atoms with Gasteiger partial charge in [0, 0.05) is 11.6 Å². The van der Waals surface area contributed by atoms with E-state index >= 15 is 0 Å². The molecule has 1 aliphatic carbocycles. The molecule has 1 aliphatic rings. The van der Waals surface area contributed by atoms with Crippen molar-refractivity contribution >= 4 is 23.7 Å². The van der Waals surface area contributed by atoms with Crippen molar-refractivity contribution in [2.24, 2.45) is 5.92 Å². The molecule has 1 N–H and O–H groups in total. The van der Waals surface area contributed by atoms with E-state index in [9.17, 15) is 9.59 Å². The molecule has 0 saturated heterocycles. The van der Waals surface area contributed by atoms with Gasteiger partial charge < -0.3 is 24.3 Å². The highest BCUT2D eigenvalue weighted by Gasteiger charge is 2.23. The van der Waals surface area contributed by atoms with Crippen molar-refractivity contribution in [2.75, 3.05) is 34.0 Å². The molecule has 2 aromatic rings. The number of ether oxygens (including phenoxy) is 4. The zero-order valence-corrected chi connectivity index (χ0v) is 18.3. The lowest BCUT2D eigenvalue weighted by atomic mass is 9.99. The SMILES string of the molecule is COC(=O)NCCOC(c1cccc(Cl)c1)c1cc(OCC2CC2)cc(C(=O)OC)c1. The maximum Gasteiger partial charge on any atom is 0.406 e. The minimum absolute atomic E-state index is 0.215. The quantitative estimate of drug-likeness (QED) is 0.430. The van der Waals surface area contributed by atoms with Crippen molar-refractivity contribution in [3.8, 4) is 5.75 Å². The minimum Gasteiger partial charge on any atom is -0.493 e. The molecule has 166 valence electrons. The third kappa shape index (κ3) is 6.87. The predicted molar refractivity (Wildman–Crippen MR) is 116 cm³/mol. The summed E-state index contributed by atoms with van der Waals surface area (Å²) in [6, 6.07) is 12.5. The topological polar surface area (TPSA) is 83.1 Å². The fourth-order valence-electron chi connectivity index (χ4n) is 3.05. The van der Waals surface area contributed by atoms with E-state index in [1.54, 1.807) is 24.3 Å². The van der Waals surface area contributed by atoms with Crippen LogP contribution in [0.2, 0.25) is 5.02 Å². The van der Waals surface area contributed by atoms with Crippen molar-refractivity contribution in [2.45, 2.75) is 18.9 Å². The summed E-state index contributed by atoms with van der Waals surface area (Å²) in [5.74, 6) is 0.679. The van der Waals surface area contributed by atoms with Crippen LogP contribution in [-0.4, -0.2) is 46.0 Å². The maximum absolute atomic E-state index is 12.2. The number of carbonyl (C=O) groups is 2. The van der Waals surface area contributed by atoms with Gasteiger partial charge in [0.25, 0.3) is 0 Å². The lowest BCUT2D eigenvalue weighted by Gasteiger charge is -2.21. The van der Waals surface area contributed by atoms with Crippen LogP contribution in [0.3, 0.4) is 0 Å². The summed E-state index contributed by atoms with van der Waals surface area (Å²) in [6.45, 7) is 1.08. The van der Waals surface area contributed by atoms with E-state index in [0.717, 1.165) is 18.4 Å². The molecule has 7 nitrogen and oxygen atoms in total. The third-order valence-electron chi connectivity index (χ3n) is 4.83. The lowest BCUT2D eigenvalue weighted by molar-refractivity contribution is 0.0598. The number of carbonyl (C=O) groups excluding carboxylic acids is 2. The monoisotopic (exact) mass is 447 g/mol. The van der Waals surface area contributed by atoms with E-state index in [1.807, 2.05) is 18.2 Å². The average Bonchev–Trinajstić information content (AvgIpc) is 3.61. The average molecular weight is 448 g/mol. The van der Waals surface area contributed by atoms with Gasteiger partial charge in [-0.05, 0) is 60.2 Å². The summed E-state index contributed by atoms with van der Waals surface area (Å²) in [6.07, 6.45) is 1.24. The Morgan fingerprint density at radius 3 is 2.58 bits per heavy atom. The first-order valence-corrected chi connectivity index (χ1v) is 10.4.